The summed E-state index contributed by atoms with van der Waals surface area (Å²) in [5, 5.41) is 1.46. The Morgan fingerprint density at radius 1 is 0.875 bits per heavy atom. The van der Waals surface area contributed by atoms with Gasteiger partial charge in [-0.05, 0) is 37.2 Å². The number of piperazine rings is 1. The summed E-state index contributed by atoms with van der Waals surface area (Å²) in [6, 6.07) is 16.4. The molecule has 0 aromatic heterocycles. The van der Waals surface area contributed by atoms with Crippen LogP contribution in [0.25, 0.3) is 0 Å². The van der Waals surface area contributed by atoms with E-state index in [1.54, 1.807) is 0 Å². The molecule has 1 aliphatic rings. The van der Waals surface area contributed by atoms with Crippen LogP contribution in [0.5, 0.6) is 0 Å². The van der Waals surface area contributed by atoms with E-state index in [4.69, 9.17) is 28.9 Å². The number of nitrogens with zero attached hydrogens (tertiary/aromatic N) is 2. The molecule has 5 heteroatoms. The number of benzene rings is 2. The third-order valence-electron chi connectivity index (χ3n) is 4.65. The maximum absolute atomic E-state index is 6.44. The summed E-state index contributed by atoms with van der Waals surface area (Å²) in [5.74, 6) is 0. The highest BCUT2D eigenvalue weighted by Crippen LogP contribution is 2.36. The molecule has 2 aromatic carbocycles. The molecule has 3 nitrogen and oxygen atoms in total. The van der Waals surface area contributed by atoms with Gasteiger partial charge in [0.2, 0.25) is 0 Å². The van der Waals surface area contributed by atoms with E-state index in [0.717, 1.165) is 48.2 Å². The van der Waals surface area contributed by atoms with Crippen LogP contribution in [0.3, 0.4) is 0 Å². The minimum atomic E-state index is 0.175. The van der Waals surface area contributed by atoms with Gasteiger partial charge >= 0.3 is 0 Å². The van der Waals surface area contributed by atoms with Crippen LogP contribution in [0.1, 0.15) is 18.0 Å². The molecule has 0 bridgehead atoms. The topological polar surface area (TPSA) is 32.5 Å². The second kappa shape index (κ2) is 8.21. The zero-order valence-electron chi connectivity index (χ0n) is 13.7. The van der Waals surface area contributed by atoms with Gasteiger partial charge in [0, 0.05) is 53.5 Å². The Balaban J connectivity index is 1.75. The predicted octanol–water partition coefficient (Wildman–Crippen LogP) is 4.21. The van der Waals surface area contributed by atoms with Crippen molar-refractivity contribution in [3.05, 3.63) is 64.1 Å². The first-order valence-electron chi connectivity index (χ1n) is 8.38. The van der Waals surface area contributed by atoms with E-state index in [-0.39, 0.29) is 6.04 Å². The lowest BCUT2D eigenvalue weighted by Gasteiger charge is -2.41. The third-order valence-corrected chi connectivity index (χ3v) is 5.31. The van der Waals surface area contributed by atoms with E-state index in [9.17, 15) is 0 Å². The first-order chi connectivity index (χ1) is 11.7. The van der Waals surface area contributed by atoms with E-state index >= 15 is 0 Å². The molecule has 1 unspecified atom stereocenters. The molecular weight excluding hydrogens is 341 g/mol. The third kappa shape index (κ3) is 3.86. The van der Waals surface area contributed by atoms with E-state index in [2.05, 4.69) is 40.1 Å². The van der Waals surface area contributed by atoms with Crippen LogP contribution in [0.15, 0.2) is 48.5 Å². The lowest BCUT2D eigenvalue weighted by Crippen LogP contribution is -2.48. The zero-order chi connectivity index (χ0) is 16.9. The number of anilines is 1. The van der Waals surface area contributed by atoms with Crippen LogP contribution >= 0.6 is 23.2 Å². The van der Waals surface area contributed by atoms with Gasteiger partial charge in [0.05, 0.1) is 0 Å². The van der Waals surface area contributed by atoms with Crippen molar-refractivity contribution in [3.8, 4) is 0 Å². The average Bonchev–Trinajstić information content (AvgIpc) is 2.62. The summed E-state index contributed by atoms with van der Waals surface area (Å²) < 4.78 is 0. The van der Waals surface area contributed by atoms with Gasteiger partial charge in [0.25, 0.3) is 0 Å². The molecule has 2 N–H and O–H groups in total. The van der Waals surface area contributed by atoms with Crippen LogP contribution in [0.2, 0.25) is 10.0 Å². The highest BCUT2D eigenvalue weighted by molar-refractivity contribution is 6.36. The van der Waals surface area contributed by atoms with Gasteiger partial charge in [0.15, 0.2) is 0 Å². The molecule has 128 valence electrons. The molecule has 1 aliphatic heterocycles. The highest BCUT2D eigenvalue weighted by atomic mass is 35.5. The number of hydrogen-bond donors (Lipinski definition) is 1. The molecule has 3 rings (SSSR count). The Bertz CT molecular complexity index is 635. The molecule has 0 saturated carbocycles. The zero-order valence-corrected chi connectivity index (χ0v) is 15.2. The van der Waals surface area contributed by atoms with Crippen molar-refractivity contribution >= 4 is 28.9 Å². The van der Waals surface area contributed by atoms with Crippen LogP contribution in [0.4, 0.5) is 5.69 Å². The molecule has 0 spiro atoms. The highest BCUT2D eigenvalue weighted by Gasteiger charge is 2.27. The normalized spacial score (nSPS) is 17.0. The van der Waals surface area contributed by atoms with Crippen molar-refractivity contribution in [1.29, 1.82) is 0 Å². The molecule has 0 amide bonds. The van der Waals surface area contributed by atoms with E-state index < -0.39 is 0 Å². The lowest BCUT2D eigenvalue weighted by atomic mass is 10.0. The standard InChI is InChI=1S/C19H23Cl2N3/c20-16-7-4-8-17(21)19(16)18(9-10-22)24-13-11-23(12-14-24)15-5-2-1-3-6-15/h1-8,18H,9-14,22H2. The van der Waals surface area contributed by atoms with Gasteiger partial charge in [-0.3, -0.25) is 4.90 Å². The Morgan fingerprint density at radius 2 is 1.50 bits per heavy atom. The fourth-order valence-corrected chi connectivity index (χ4v) is 4.08. The summed E-state index contributed by atoms with van der Waals surface area (Å²) in [7, 11) is 0. The fourth-order valence-electron chi connectivity index (χ4n) is 3.43. The van der Waals surface area contributed by atoms with Gasteiger partial charge < -0.3 is 10.6 Å². The molecule has 1 atom stereocenters. The second-order valence-corrected chi connectivity index (χ2v) is 6.90. The molecule has 1 saturated heterocycles. The summed E-state index contributed by atoms with van der Waals surface area (Å²) >= 11 is 12.9. The van der Waals surface area contributed by atoms with Crippen molar-refractivity contribution in [2.45, 2.75) is 12.5 Å². The molecule has 0 aliphatic carbocycles. The minimum absolute atomic E-state index is 0.175. The van der Waals surface area contributed by atoms with Crippen molar-refractivity contribution in [1.82, 2.24) is 4.90 Å². The van der Waals surface area contributed by atoms with Crippen molar-refractivity contribution in [3.63, 3.8) is 0 Å². The van der Waals surface area contributed by atoms with Crippen LogP contribution in [-0.4, -0.2) is 37.6 Å². The molecule has 1 fully saturated rings. The van der Waals surface area contributed by atoms with Gasteiger partial charge in [-0.1, -0.05) is 47.5 Å². The quantitative estimate of drug-likeness (QED) is 0.863. The molecule has 0 radical (unpaired) electrons. The summed E-state index contributed by atoms with van der Waals surface area (Å²) in [5.41, 5.74) is 8.16. The number of rotatable bonds is 5. The smallest absolute Gasteiger partial charge is 0.0468 e. The Hall–Kier alpha value is -1.26. The Morgan fingerprint density at radius 3 is 2.08 bits per heavy atom. The SMILES string of the molecule is NCCC(c1c(Cl)cccc1Cl)N1CCN(c2ccccc2)CC1. The molecular formula is C19H23Cl2N3. The van der Waals surface area contributed by atoms with Crippen molar-refractivity contribution < 1.29 is 0 Å². The first-order valence-corrected chi connectivity index (χ1v) is 9.14. The van der Waals surface area contributed by atoms with Gasteiger partial charge in [-0.15, -0.1) is 0 Å². The van der Waals surface area contributed by atoms with E-state index in [0.29, 0.717) is 6.54 Å². The number of nitrogens with two attached hydrogens (primary N) is 1. The van der Waals surface area contributed by atoms with E-state index in [1.807, 2.05) is 18.2 Å². The Labute approximate surface area is 154 Å². The first kappa shape index (κ1) is 17.6. The van der Waals surface area contributed by atoms with Gasteiger partial charge in [-0.2, -0.15) is 0 Å². The minimum Gasteiger partial charge on any atom is -0.369 e. The average molecular weight is 364 g/mol. The lowest BCUT2D eigenvalue weighted by molar-refractivity contribution is 0.179. The monoisotopic (exact) mass is 363 g/mol. The second-order valence-electron chi connectivity index (χ2n) is 6.09. The maximum Gasteiger partial charge on any atom is 0.0468 e. The van der Waals surface area contributed by atoms with Crippen molar-refractivity contribution in [2.75, 3.05) is 37.6 Å². The Kier molecular flexibility index (Phi) is 6.01. The van der Waals surface area contributed by atoms with Gasteiger partial charge in [-0.25, -0.2) is 0 Å². The summed E-state index contributed by atoms with van der Waals surface area (Å²) in [4.78, 5) is 4.88. The van der Waals surface area contributed by atoms with Crippen LogP contribution < -0.4 is 10.6 Å². The predicted molar refractivity (Wildman–Crippen MR) is 103 cm³/mol. The number of para-hydroxylation sites is 1. The number of hydrogen-bond acceptors (Lipinski definition) is 3. The maximum atomic E-state index is 6.44. The van der Waals surface area contributed by atoms with Crippen LogP contribution in [-0.2, 0) is 0 Å². The molecule has 1 heterocycles. The fraction of sp³-hybridized carbons (Fsp3) is 0.368. The van der Waals surface area contributed by atoms with Gasteiger partial charge in [0.1, 0.15) is 0 Å². The van der Waals surface area contributed by atoms with Crippen LogP contribution in [0, 0.1) is 0 Å². The van der Waals surface area contributed by atoms with E-state index in [1.165, 1.54) is 5.69 Å². The molecule has 24 heavy (non-hydrogen) atoms. The summed E-state index contributed by atoms with van der Waals surface area (Å²) in [6.07, 6.45) is 0.856. The molecule has 2 aromatic rings. The number of halogens is 2. The largest absolute Gasteiger partial charge is 0.369 e. The van der Waals surface area contributed by atoms with Crippen molar-refractivity contribution in [2.24, 2.45) is 5.73 Å². The summed E-state index contributed by atoms with van der Waals surface area (Å²) in [6.45, 7) is 4.55.